The monoisotopic (exact) mass is 614 g/mol. The Balaban J connectivity index is 1.13. The zero-order valence-electron chi connectivity index (χ0n) is 22.4. The van der Waals surface area contributed by atoms with Crippen molar-refractivity contribution in [3.63, 3.8) is 0 Å². The van der Waals surface area contributed by atoms with Crippen molar-refractivity contribution >= 4 is 67.8 Å². The minimum Gasteiger partial charge on any atom is -0.464 e. The molecule has 216 valence electrons. The summed E-state index contributed by atoms with van der Waals surface area (Å²) in [6.45, 7) is -0.159. The molecule has 0 fully saturated rings. The fourth-order valence-electron chi connectivity index (χ4n) is 4.36. The highest BCUT2D eigenvalue weighted by Gasteiger charge is 2.21. The number of benzene rings is 2. The van der Waals surface area contributed by atoms with Crippen molar-refractivity contribution in [3.8, 4) is 0 Å². The van der Waals surface area contributed by atoms with Crippen molar-refractivity contribution in [2.45, 2.75) is 0 Å². The maximum absolute atomic E-state index is 12.7. The maximum atomic E-state index is 12.7. The summed E-state index contributed by atoms with van der Waals surface area (Å²) in [4.78, 5) is 45.2. The molecule has 0 saturated heterocycles. The van der Waals surface area contributed by atoms with Gasteiger partial charge in [-0.1, -0.05) is 46.7 Å². The third-order valence-electron chi connectivity index (χ3n) is 6.37. The van der Waals surface area contributed by atoms with E-state index in [0.717, 1.165) is 38.7 Å². The number of rotatable bonds is 10. The van der Waals surface area contributed by atoms with Gasteiger partial charge in [0.2, 0.25) is 0 Å². The number of oxime groups is 2. The molecule has 0 unspecified atom stereocenters. The van der Waals surface area contributed by atoms with Crippen LogP contribution < -0.4 is 0 Å². The number of nitrogens with one attached hydrogen (secondary N) is 2. The van der Waals surface area contributed by atoms with Crippen LogP contribution in [-0.2, 0) is 14.3 Å². The van der Waals surface area contributed by atoms with Crippen molar-refractivity contribution in [1.29, 1.82) is 0 Å². The Morgan fingerprint density at radius 1 is 0.814 bits per heavy atom. The van der Waals surface area contributed by atoms with Crippen LogP contribution in [0.1, 0.15) is 42.1 Å². The second kappa shape index (κ2) is 12.3. The van der Waals surface area contributed by atoms with Crippen LogP contribution in [0.3, 0.4) is 0 Å². The van der Waals surface area contributed by atoms with Crippen LogP contribution in [0.2, 0.25) is 0 Å². The number of nitrogens with zero attached hydrogens (tertiary/aromatic N) is 4. The first-order valence-electron chi connectivity index (χ1n) is 12.8. The Morgan fingerprint density at radius 2 is 1.37 bits per heavy atom. The Bertz CT molecular complexity index is 2000. The smallest absolute Gasteiger partial charge is 0.357 e. The van der Waals surface area contributed by atoms with Crippen LogP contribution >= 0.6 is 22.7 Å². The molecule has 43 heavy (non-hydrogen) atoms. The molecule has 2 aromatic carbocycles. The maximum Gasteiger partial charge on any atom is 0.357 e. The summed E-state index contributed by atoms with van der Waals surface area (Å²) in [5.41, 5.74) is 4.03. The first kappa shape index (κ1) is 27.8. The van der Waals surface area contributed by atoms with Gasteiger partial charge in [-0.15, -0.1) is 22.7 Å². The molecule has 0 bridgehead atoms. The first-order chi connectivity index (χ1) is 21.1. The number of methoxy groups -OCH3 is 1. The third kappa shape index (κ3) is 5.60. The standard InChI is InChI=1S/C29H22N6O6S2/c1-39-28(36)22-14-43-27(32-22)25(19-13-31-21-9-5-3-7-17(19)21)35-41-11-10-40-29(37)23-15-42-26(33-23)24(34-38)18-12-30-20-8-4-2-6-16(18)20/h2-9,12-15,30-31,38H,10-11H2,1H3/b34-24+,35-25+. The molecule has 3 N–H and O–H groups in total. The summed E-state index contributed by atoms with van der Waals surface area (Å²) in [6.07, 6.45) is 3.51. The molecule has 4 heterocycles. The molecule has 4 aromatic heterocycles. The highest BCUT2D eigenvalue weighted by atomic mass is 32.1. The number of aromatic nitrogens is 4. The summed E-state index contributed by atoms with van der Waals surface area (Å²) in [5, 5.41) is 23.1. The van der Waals surface area contributed by atoms with Gasteiger partial charge in [0.15, 0.2) is 18.0 Å². The lowest BCUT2D eigenvalue weighted by Gasteiger charge is -2.05. The van der Waals surface area contributed by atoms with Crippen LogP contribution in [-0.4, -0.2) is 68.8 Å². The summed E-state index contributed by atoms with van der Waals surface area (Å²) >= 11 is 2.38. The lowest BCUT2D eigenvalue weighted by Crippen LogP contribution is -2.12. The van der Waals surface area contributed by atoms with Crippen molar-refractivity contribution in [3.05, 3.63) is 104 Å². The van der Waals surface area contributed by atoms with Gasteiger partial charge in [-0.25, -0.2) is 19.6 Å². The summed E-state index contributed by atoms with van der Waals surface area (Å²) in [7, 11) is 1.29. The normalized spacial score (nSPS) is 12.1. The van der Waals surface area contributed by atoms with E-state index in [1.54, 1.807) is 17.8 Å². The van der Waals surface area contributed by atoms with E-state index >= 15 is 0 Å². The number of thiazole rings is 2. The van der Waals surface area contributed by atoms with Gasteiger partial charge in [0.1, 0.15) is 28.0 Å². The average molecular weight is 615 g/mol. The molecule has 0 radical (unpaired) electrons. The van der Waals surface area contributed by atoms with Crippen molar-refractivity contribution in [1.82, 2.24) is 19.9 Å². The highest BCUT2D eigenvalue weighted by Crippen LogP contribution is 2.25. The molecular weight excluding hydrogens is 592 g/mol. The van der Waals surface area contributed by atoms with Crippen LogP contribution in [0.25, 0.3) is 21.8 Å². The number of H-pyrrole nitrogens is 2. The molecule has 12 nitrogen and oxygen atoms in total. The van der Waals surface area contributed by atoms with Gasteiger partial charge in [-0.3, -0.25) is 0 Å². The number of fused-ring (bicyclic) bond motifs is 2. The van der Waals surface area contributed by atoms with Crippen molar-refractivity contribution in [2.75, 3.05) is 20.3 Å². The van der Waals surface area contributed by atoms with E-state index in [0.29, 0.717) is 21.3 Å². The van der Waals surface area contributed by atoms with Gasteiger partial charge in [-0.2, -0.15) is 0 Å². The van der Waals surface area contributed by atoms with Crippen LogP contribution in [0.4, 0.5) is 0 Å². The predicted molar refractivity (Wildman–Crippen MR) is 161 cm³/mol. The van der Waals surface area contributed by atoms with Crippen molar-refractivity contribution < 1.29 is 29.1 Å². The molecule has 0 spiro atoms. The summed E-state index contributed by atoms with van der Waals surface area (Å²) in [5.74, 6) is -1.22. The lowest BCUT2D eigenvalue weighted by molar-refractivity contribution is 0.0323. The molecule has 6 rings (SSSR count). The fourth-order valence-corrected chi connectivity index (χ4v) is 5.93. The molecule has 0 saturated carbocycles. The van der Waals surface area contributed by atoms with Gasteiger partial charge in [-0.05, 0) is 12.1 Å². The number of hydrogen-bond acceptors (Lipinski definition) is 12. The number of carbonyl (C=O) groups is 2. The van der Waals surface area contributed by atoms with Gasteiger partial charge in [0.05, 0.1) is 7.11 Å². The van der Waals surface area contributed by atoms with E-state index in [2.05, 4.69) is 30.2 Å². The summed E-state index contributed by atoms with van der Waals surface area (Å²) in [6, 6.07) is 15.3. The van der Waals surface area contributed by atoms with E-state index in [9.17, 15) is 14.8 Å². The van der Waals surface area contributed by atoms with Crippen LogP contribution in [0.5, 0.6) is 0 Å². The number of para-hydroxylation sites is 2. The zero-order chi connectivity index (χ0) is 29.8. The van der Waals surface area contributed by atoms with E-state index in [-0.39, 0.29) is 30.3 Å². The minimum absolute atomic E-state index is 0.0531. The molecular formula is C29H22N6O6S2. The zero-order valence-corrected chi connectivity index (χ0v) is 24.1. The molecule has 0 aliphatic carbocycles. The van der Waals surface area contributed by atoms with Gasteiger partial charge in [0, 0.05) is 56.1 Å². The third-order valence-corrected chi connectivity index (χ3v) is 8.07. The number of carbonyl (C=O) groups excluding carboxylic acids is 2. The molecule has 0 amide bonds. The SMILES string of the molecule is COC(=O)c1csc(/C(=N/OCCOC(=O)c2csc(/C(=N/O)c3c[nH]c4ccccc34)n2)c2c[nH]c3ccccc23)n1. The Hall–Kier alpha value is -5.34. The number of aromatic amines is 2. The Labute approximate surface area is 251 Å². The Morgan fingerprint density at radius 3 is 1.98 bits per heavy atom. The quantitative estimate of drug-likeness (QED) is 0.0623. The average Bonchev–Trinajstić information content (AvgIpc) is 3.86. The molecule has 14 heteroatoms. The topological polar surface area (TPSA) is 164 Å². The Kier molecular flexibility index (Phi) is 7.93. The fraction of sp³-hybridized carbons (Fsp3) is 0.103. The van der Waals surface area contributed by atoms with Crippen molar-refractivity contribution in [2.24, 2.45) is 10.3 Å². The lowest BCUT2D eigenvalue weighted by atomic mass is 10.1. The summed E-state index contributed by atoms with van der Waals surface area (Å²) < 4.78 is 10.1. The van der Waals surface area contributed by atoms with Gasteiger partial charge < -0.3 is 29.5 Å². The second-order valence-corrected chi connectivity index (χ2v) is 10.6. The predicted octanol–water partition coefficient (Wildman–Crippen LogP) is 5.20. The molecule has 0 aliphatic heterocycles. The molecule has 0 atom stereocenters. The van der Waals surface area contributed by atoms with Crippen LogP contribution in [0.15, 0.2) is 82.0 Å². The first-order valence-corrected chi connectivity index (χ1v) is 14.6. The van der Waals surface area contributed by atoms with E-state index in [1.807, 2.05) is 48.5 Å². The molecule has 0 aliphatic rings. The second-order valence-electron chi connectivity index (χ2n) is 8.92. The van der Waals surface area contributed by atoms with E-state index in [4.69, 9.17) is 14.3 Å². The van der Waals surface area contributed by atoms with Gasteiger partial charge >= 0.3 is 11.9 Å². The largest absolute Gasteiger partial charge is 0.464 e. The highest BCUT2D eigenvalue weighted by molar-refractivity contribution is 7.12. The number of hydrogen-bond donors (Lipinski definition) is 3. The minimum atomic E-state index is -0.661. The van der Waals surface area contributed by atoms with Gasteiger partial charge in [0.25, 0.3) is 0 Å². The number of esters is 2. The van der Waals surface area contributed by atoms with Crippen LogP contribution in [0, 0.1) is 0 Å². The molecule has 6 aromatic rings. The van der Waals surface area contributed by atoms with E-state index in [1.165, 1.54) is 23.8 Å². The number of ether oxygens (including phenoxy) is 2. The van der Waals surface area contributed by atoms with E-state index < -0.39 is 11.9 Å².